The minimum atomic E-state index is -0.283. The number of carbonyl (C=O) groups excluding carboxylic acids is 1. The van der Waals surface area contributed by atoms with Gasteiger partial charge in [0, 0.05) is 64.6 Å². The molecule has 1 fully saturated rings. The Morgan fingerprint density at radius 2 is 1.77 bits per heavy atom. The first-order valence-corrected chi connectivity index (χ1v) is 9.31. The lowest BCUT2D eigenvalue weighted by molar-refractivity contribution is 0.0600. The number of aryl methyl sites for hydroxylation is 1. The van der Waals surface area contributed by atoms with Crippen molar-refractivity contribution < 1.29 is 9.53 Å². The van der Waals surface area contributed by atoms with Crippen molar-refractivity contribution in [3.05, 3.63) is 53.6 Å². The van der Waals surface area contributed by atoms with Crippen molar-refractivity contribution >= 4 is 5.97 Å². The molecule has 0 radical (unpaired) electrons. The van der Waals surface area contributed by atoms with Gasteiger partial charge in [-0.3, -0.25) is 9.80 Å². The molecule has 1 saturated heterocycles. The number of ether oxygens (including phenoxy) is 1. The van der Waals surface area contributed by atoms with Crippen LogP contribution < -0.4 is 0 Å². The summed E-state index contributed by atoms with van der Waals surface area (Å²) in [4.78, 5) is 20.9. The zero-order valence-corrected chi connectivity index (χ0v) is 15.7. The Morgan fingerprint density at radius 3 is 2.42 bits per heavy atom. The number of hydrogen-bond acceptors (Lipinski definition) is 5. The fourth-order valence-corrected chi connectivity index (χ4v) is 3.40. The molecule has 0 N–H and O–H groups in total. The van der Waals surface area contributed by atoms with E-state index in [1.807, 2.05) is 30.5 Å². The molecule has 0 bridgehead atoms. The monoisotopic (exact) mass is 356 g/mol. The lowest BCUT2D eigenvalue weighted by Crippen LogP contribution is -2.46. The third-order valence-electron chi connectivity index (χ3n) is 5.02. The minimum Gasteiger partial charge on any atom is -0.465 e. The number of piperazine rings is 1. The van der Waals surface area contributed by atoms with Crippen molar-refractivity contribution in [3.8, 4) is 0 Å². The normalized spacial score (nSPS) is 15.9. The fourth-order valence-electron chi connectivity index (χ4n) is 3.40. The van der Waals surface area contributed by atoms with Crippen molar-refractivity contribution in [3.63, 3.8) is 0 Å². The molecule has 0 aliphatic carbocycles. The number of carbonyl (C=O) groups is 1. The summed E-state index contributed by atoms with van der Waals surface area (Å²) >= 11 is 0. The number of methoxy groups -OCH3 is 1. The molecule has 140 valence electrons. The van der Waals surface area contributed by atoms with Crippen LogP contribution in [0.1, 0.15) is 28.7 Å². The first-order valence-electron chi connectivity index (χ1n) is 9.31. The predicted octanol–water partition coefficient (Wildman–Crippen LogP) is 2.05. The summed E-state index contributed by atoms with van der Waals surface area (Å²) in [5, 5.41) is 0. The molecule has 2 aromatic rings. The molecule has 1 aromatic heterocycles. The highest BCUT2D eigenvalue weighted by Crippen LogP contribution is 2.11. The van der Waals surface area contributed by atoms with Gasteiger partial charge in [-0.1, -0.05) is 19.1 Å². The summed E-state index contributed by atoms with van der Waals surface area (Å²) in [5.41, 5.74) is 1.84. The maximum Gasteiger partial charge on any atom is 0.337 e. The van der Waals surface area contributed by atoms with Gasteiger partial charge in [0.25, 0.3) is 0 Å². The fraction of sp³-hybridized carbons (Fsp3) is 0.500. The first-order chi connectivity index (χ1) is 12.7. The highest BCUT2D eigenvalue weighted by molar-refractivity contribution is 5.89. The zero-order chi connectivity index (χ0) is 18.4. The molecule has 6 heteroatoms. The lowest BCUT2D eigenvalue weighted by atomic mass is 10.1. The van der Waals surface area contributed by atoms with Gasteiger partial charge in [0.1, 0.15) is 5.82 Å². The molecule has 0 atom stereocenters. The van der Waals surface area contributed by atoms with Crippen LogP contribution in [0.2, 0.25) is 0 Å². The summed E-state index contributed by atoms with van der Waals surface area (Å²) in [6, 6.07) is 7.72. The number of esters is 1. The van der Waals surface area contributed by atoms with E-state index in [1.165, 1.54) is 18.5 Å². The van der Waals surface area contributed by atoms with E-state index in [0.29, 0.717) is 5.56 Å². The van der Waals surface area contributed by atoms with Gasteiger partial charge in [0.15, 0.2) is 0 Å². The Hall–Kier alpha value is -2.18. The van der Waals surface area contributed by atoms with Crippen LogP contribution in [0, 0.1) is 0 Å². The Balaban J connectivity index is 1.43. The topological polar surface area (TPSA) is 50.6 Å². The molecule has 0 amide bonds. The van der Waals surface area contributed by atoms with Crippen molar-refractivity contribution in [2.45, 2.75) is 26.4 Å². The van der Waals surface area contributed by atoms with E-state index in [2.05, 4.69) is 32.5 Å². The Kier molecular flexibility index (Phi) is 6.41. The van der Waals surface area contributed by atoms with Gasteiger partial charge in [-0.15, -0.1) is 0 Å². The quantitative estimate of drug-likeness (QED) is 0.711. The standard InChI is InChI=1S/C20H28N4O2/c1-3-19-21-8-9-24(19)15-14-22-10-12-23(13-11-22)16-17-4-6-18(7-5-17)20(25)26-2/h4-9H,3,10-16H2,1-2H3. The van der Waals surface area contributed by atoms with E-state index in [0.717, 1.165) is 52.2 Å². The zero-order valence-electron chi connectivity index (χ0n) is 15.7. The van der Waals surface area contributed by atoms with Gasteiger partial charge in [-0.05, 0) is 17.7 Å². The van der Waals surface area contributed by atoms with Crippen molar-refractivity contribution in [1.82, 2.24) is 19.4 Å². The van der Waals surface area contributed by atoms with Crippen molar-refractivity contribution in [2.75, 3.05) is 39.8 Å². The predicted molar refractivity (Wildman–Crippen MR) is 101 cm³/mol. The Morgan fingerprint density at radius 1 is 1.08 bits per heavy atom. The summed E-state index contributed by atoms with van der Waals surface area (Å²) in [6.07, 6.45) is 4.95. The lowest BCUT2D eigenvalue weighted by Gasteiger charge is -2.34. The van der Waals surface area contributed by atoms with Crippen LogP contribution in [0.25, 0.3) is 0 Å². The van der Waals surface area contributed by atoms with Crippen LogP contribution in [0.4, 0.5) is 0 Å². The second-order valence-corrected chi connectivity index (χ2v) is 6.70. The summed E-state index contributed by atoms with van der Waals surface area (Å²) in [5.74, 6) is 0.883. The number of hydrogen-bond donors (Lipinski definition) is 0. The van der Waals surface area contributed by atoms with E-state index < -0.39 is 0 Å². The largest absolute Gasteiger partial charge is 0.465 e. The Labute approximate surface area is 155 Å². The molecule has 26 heavy (non-hydrogen) atoms. The third-order valence-corrected chi connectivity index (χ3v) is 5.02. The minimum absolute atomic E-state index is 0.283. The van der Waals surface area contributed by atoms with Crippen molar-refractivity contribution in [2.24, 2.45) is 0 Å². The van der Waals surface area contributed by atoms with Crippen molar-refractivity contribution in [1.29, 1.82) is 0 Å². The number of aromatic nitrogens is 2. The van der Waals surface area contributed by atoms with Gasteiger partial charge in [-0.2, -0.15) is 0 Å². The molecule has 0 saturated carbocycles. The number of nitrogens with zero attached hydrogens (tertiary/aromatic N) is 4. The average molecular weight is 356 g/mol. The molecular formula is C20H28N4O2. The molecule has 2 heterocycles. The molecular weight excluding hydrogens is 328 g/mol. The highest BCUT2D eigenvalue weighted by atomic mass is 16.5. The second-order valence-electron chi connectivity index (χ2n) is 6.70. The molecule has 1 aliphatic heterocycles. The average Bonchev–Trinajstić information content (AvgIpc) is 3.15. The summed E-state index contributed by atoms with van der Waals surface area (Å²) in [7, 11) is 1.41. The van der Waals surface area contributed by atoms with Gasteiger partial charge in [-0.25, -0.2) is 9.78 Å². The van der Waals surface area contributed by atoms with Crippen LogP contribution >= 0.6 is 0 Å². The summed E-state index contributed by atoms with van der Waals surface area (Å²) < 4.78 is 7.00. The van der Waals surface area contributed by atoms with Crippen LogP contribution in [0.15, 0.2) is 36.7 Å². The SMILES string of the molecule is CCc1nccn1CCN1CCN(Cc2ccc(C(=O)OC)cc2)CC1. The molecule has 0 spiro atoms. The molecule has 6 nitrogen and oxygen atoms in total. The van der Waals surface area contributed by atoms with Gasteiger partial charge in [0.05, 0.1) is 12.7 Å². The number of rotatable bonds is 7. The van der Waals surface area contributed by atoms with Crippen LogP contribution in [-0.4, -0.2) is 65.2 Å². The van der Waals surface area contributed by atoms with E-state index in [-0.39, 0.29) is 5.97 Å². The molecule has 1 aliphatic rings. The van der Waals surface area contributed by atoms with E-state index in [9.17, 15) is 4.79 Å². The Bertz CT molecular complexity index is 703. The molecule has 1 aromatic carbocycles. The van der Waals surface area contributed by atoms with E-state index in [4.69, 9.17) is 4.74 Å². The number of benzene rings is 1. The smallest absolute Gasteiger partial charge is 0.337 e. The van der Waals surface area contributed by atoms with Crippen LogP contribution in [0.5, 0.6) is 0 Å². The van der Waals surface area contributed by atoms with Gasteiger partial charge >= 0.3 is 5.97 Å². The van der Waals surface area contributed by atoms with E-state index >= 15 is 0 Å². The first kappa shape index (κ1) is 18.6. The maximum absolute atomic E-state index is 11.5. The molecule has 3 rings (SSSR count). The van der Waals surface area contributed by atoms with Gasteiger partial charge < -0.3 is 9.30 Å². The highest BCUT2D eigenvalue weighted by Gasteiger charge is 2.17. The van der Waals surface area contributed by atoms with Crippen LogP contribution in [0.3, 0.4) is 0 Å². The van der Waals surface area contributed by atoms with Crippen LogP contribution in [-0.2, 0) is 24.2 Å². The van der Waals surface area contributed by atoms with Gasteiger partial charge in [0.2, 0.25) is 0 Å². The number of imidazole rings is 1. The third kappa shape index (κ3) is 4.71. The maximum atomic E-state index is 11.5. The van der Waals surface area contributed by atoms with E-state index in [1.54, 1.807) is 0 Å². The second kappa shape index (κ2) is 8.96. The molecule has 0 unspecified atom stereocenters. The summed E-state index contributed by atoms with van der Waals surface area (Å²) in [6.45, 7) is 9.49.